The Morgan fingerprint density at radius 1 is 1.12 bits per heavy atom. The van der Waals surface area contributed by atoms with Crippen molar-refractivity contribution in [3.8, 4) is 11.6 Å². The number of methoxy groups -OCH3 is 1. The van der Waals surface area contributed by atoms with E-state index in [4.69, 9.17) is 9.47 Å². The van der Waals surface area contributed by atoms with Gasteiger partial charge in [-0.05, 0) is 55.9 Å². The minimum absolute atomic E-state index is 0.120. The minimum Gasteiger partial charge on any atom is -0.497 e. The highest BCUT2D eigenvalue weighted by atomic mass is 16.5. The Hall–Kier alpha value is -2.56. The van der Waals surface area contributed by atoms with E-state index in [1.54, 1.807) is 13.3 Å². The highest BCUT2D eigenvalue weighted by Crippen LogP contribution is 2.23. The number of amides is 1. The zero-order valence-electron chi connectivity index (χ0n) is 15.2. The van der Waals surface area contributed by atoms with E-state index in [-0.39, 0.29) is 18.1 Å². The minimum atomic E-state index is 0.120. The normalized spacial score (nSPS) is 19.6. The third kappa shape index (κ3) is 5.48. The van der Waals surface area contributed by atoms with Crippen molar-refractivity contribution in [2.45, 2.75) is 50.7 Å². The lowest BCUT2D eigenvalue weighted by Gasteiger charge is -2.29. The molecule has 0 unspecified atom stereocenters. The Morgan fingerprint density at radius 3 is 2.54 bits per heavy atom. The highest BCUT2D eigenvalue weighted by Gasteiger charge is 2.23. The van der Waals surface area contributed by atoms with Gasteiger partial charge < -0.3 is 14.8 Å². The number of hydrogen-bond acceptors (Lipinski definition) is 4. The molecule has 1 aromatic carbocycles. The number of aryl methyl sites for hydroxylation is 1. The van der Waals surface area contributed by atoms with E-state index in [1.165, 1.54) is 0 Å². The summed E-state index contributed by atoms with van der Waals surface area (Å²) in [5.41, 5.74) is 1.15. The number of carbonyl (C=O) groups is 1. The zero-order valence-corrected chi connectivity index (χ0v) is 15.2. The van der Waals surface area contributed by atoms with Crippen LogP contribution >= 0.6 is 0 Å². The van der Waals surface area contributed by atoms with Gasteiger partial charge in [-0.1, -0.05) is 18.2 Å². The number of ether oxygens (including phenoxy) is 2. The van der Waals surface area contributed by atoms with Gasteiger partial charge in [-0.3, -0.25) is 4.79 Å². The van der Waals surface area contributed by atoms with Gasteiger partial charge in [0.25, 0.3) is 0 Å². The number of nitrogens with zero attached hydrogens (tertiary/aromatic N) is 1. The molecule has 0 spiro atoms. The molecule has 138 valence electrons. The summed E-state index contributed by atoms with van der Waals surface area (Å²) in [6.45, 7) is 0. The zero-order chi connectivity index (χ0) is 18.2. The molecule has 5 nitrogen and oxygen atoms in total. The number of hydrogen-bond donors (Lipinski definition) is 1. The van der Waals surface area contributed by atoms with Crippen molar-refractivity contribution in [2.24, 2.45) is 0 Å². The topological polar surface area (TPSA) is 60.5 Å². The Morgan fingerprint density at radius 2 is 1.88 bits per heavy atom. The third-order valence-corrected chi connectivity index (χ3v) is 4.76. The van der Waals surface area contributed by atoms with Gasteiger partial charge in [-0.15, -0.1) is 0 Å². The summed E-state index contributed by atoms with van der Waals surface area (Å²) in [7, 11) is 1.65. The Bertz CT molecular complexity index is 680. The average molecular weight is 354 g/mol. The van der Waals surface area contributed by atoms with Crippen LogP contribution in [0.5, 0.6) is 11.6 Å². The number of nitrogens with one attached hydrogen (secondary N) is 1. The SMILES string of the molecule is COc1ccc(CCC(=O)NC2CCC(Oc3ccccn3)CC2)cc1. The number of benzene rings is 1. The standard InChI is InChI=1S/C21H26N2O3/c1-25-18-10-5-16(6-11-18)7-14-20(24)23-17-8-12-19(13-9-17)26-21-4-2-3-15-22-21/h2-6,10-11,15,17,19H,7-9,12-14H2,1H3,(H,23,24). The van der Waals surface area contributed by atoms with Crippen LogP contribution in [0.2, 0.25) is 0 Å². The van der Waals surface area contributed by atoms with E-state index in [0.29, 0.717) is 12.3 Å². The van der Waals surface area contributed by atoms with Gasteiger partial charge in [0.05, 0.1) is 7.11 Å². The molecule has 1 amide bonds. The molecule has 26 heavy (non-hydrogen) atoms. The van der Waals surface area contributed by atoms with E-state index in [1.807, 2.05) is 42.5 Å². The summed E-state index contributed by atoms with van der Waals surface area (Å²) in [4.78, 5) is 16.4. The fraction of sp³-hybridized carbons (Fsp3) is 0.429. The predicted octanol–water partition coefficient (Wildman–Crippen LogP) is 3.53. The van der Waals surface area contributed by atoms with Crippen molar-refractivity contribution in [3.05, 3.63) is 54.2 Å². The molecule has 1 aromatic heterocycles. The second kappa shape index (κ2) is 9.22. The molecule has 3 rings (SSSR count). The van der Waals surface area contributed by atoms with Crippen molar-refractivity contribution in [1.29, 1.82) is 0 Å². The van der Waals surface area contributed by atoms with Crippen LogP contribution in [0.3, 0.4) is 0 Å². The Kier molecular flexibility index (Phi) is 6.47. The summed E-state index contributed by atoms with van der Waals surface area (Å²) >= 11 is 0. The lowest BCUT2D eigenvalue weighted by atomic mass is 9.92. The molecule has 5 heteroatoms. The smallest absolute Gasteiger partial charge is 0.220 e. The maximum Gasteiger partial charge on any atom is 0.220 e. The summed E-state index contributed by atoms with van der Waals surface area (Å²) in [6, 6.07) is 13.8. The van der Waals surface area contributed by atoms with E-state index in [0.717, 1.165) is 43.4 Å². The Balaban J connectivity index is 1.36. The first-order valence-electron chi connectivity index (χ1n) is 9.23. The van der Waals surface area contributed by atoms with Crippen LogP contribution < -0.4 is 14.8 Å². The van der Waals surface area contributed by atoms with Crippen LogP contribution in [0.4, 0.5) is 0 Å². The van der Waals surface area contributed by atoms with E-state index < -0.39 is 0 Å². The molecule has 1 N–H and O–H groups in total. The fourth-order valence-electron chi connectivity index (χ4n) is 3.26. The van der Waals surface area contributed by atoms with Crippen LogP contribution in [0.1, 0.15) is 37.7 Å². The lowest BCUT2D eigenvalue weighted by Crippen LogP contribution is -2.39. The van der Waals surface area contributed by atoms with Crippen molar-refractivity contribution in [2.75, 3.05) is 7.11 Å². The summed E-state index contributed by atoms with van der Waals surface area (Å²) in [5.74, 6) is 1.64. The molecule has 1 fully saturated rings. The molecule has 1 heterocycles. The van der Waals surface area contributed by atoms with Gasteiger partial charge in [0.15, 0.2) is 0 Å². The van der Waals surface area contributed by atoms with Crippen LogP contribution in [0, 0.1) is 0 Å². The molecule has 1 saturated carbocycles. The molecule has 0 radical (unpaired) electrons. The first-order valence-corrected chi connectivity index (χ1v) is 9.23. The second-order valence-electron chi connectivity index (χ2n) is 6.68. The lowest BCUT2D eigenvalue weighted by molar-refractivity contribution is -0.122. The average Bonchev–Trinajstić information content (AvgIpc) is 2.69. The summed E-state index contributed by atoms with van der Waals surface area (Å²) < 4.78 is 11.0. The molecule has 1 aliphatic rings. The van der Waals surface area contributed by atoms with Gasteiger partial charge in [-0.2, -0.15) is 0 Å². The largest absolute Gasteiger partial charge is 0.497 e. The first kappa shape index (κ1) is 18.2. The summed E-state index contributed by atoms with van der Waals surface area (Å²) in [6.07, 6.45) is 6.98. The van der Waals surface area contributed by atoms with E-state index >= 15 is 0 Å². The molecule has 2 aromatic rings. The van der Waals surface area contributed by atoms with Crippen molar-refractivity contribution < 1.29 is 14.3 Å². The molecule has 0 aliphatic heterocycles. The molecule has 0 bridgehead atoms. The molecule has 0 atom stereocenters. The number of aromatic nitrogens is 1. The van der Waals surface area contributed by atoms with Gasteiger partial charge in [0.1, 0.15) is 11.9 Å². The second-order valence-corrected chi connectivity index (χ2v) is 6.68. The maximum absolute atomic E-state index is 12.2. The van der Waals surface area contributed by atoms with E-state index in [9.17, 15) is 4.79 Å². The quantitative estimate of drug-likeness (QED) is 0.826. The number of carbonyl (C=O) groups excluding carboxylic acids is 1. The monoisotopic (exact) mass is 354 g/mol. The summed E-state index contributed by atoms with van der Waals surface area (Å²) in [5, 5.41) is 3.16. The Labute approximate surface area is 154 Å². The molecule has 1 aliphatic carbocycles. The van der Waals surface area contributed by atoms with Crippen LogP contribution in [-0.2, 0) is 11.2 Å². The number of rotatable bonds is 7. The van der Waals surface area contributed by atoms with Gasteiger partial charge >= 0.3 is 0 Å². The van der Waals surface area contributed by atoms with Crippen LogP contribution in [0.25, 0.3) is 0 Å². The van der Waals surface area contributed by atoms with Crippen molar-refractivity contribution >= 4 is 5.91 Å². The third-order valence-electron chi connectivity index (χ3n) is 4.76. The molecular weight excluding hydrogens is 328 g/mol. The number of pyridine rings is 1. The maximum atomic E-state index is 12.2. The van der Waals surface area contributed by atoms with Crippen LogP contribution in [-0.4, -0.2) is 30.1 Å². The fourth-order valence-corrected chi connectivity index (χ4v) is 3.26. The van der Waals surface area contributed by atoms with Gasteiger partial charge in [0, 0.05) is 24.7 Å². The van der Waals surface area contributed by atoms with Crippen molar-refractivity contribution in [3.63, 3.8) is 0 Å². The van der Waals surface area contributed by atoms with Gasteiger partial charge in [0.2, 0.25) is 11.8 Å². The molecule has 0 saturated heterocycles. The first-order chi connectivity index (χ1) is 12.7. The van der Waals surface area contributed by atoms with E-state index in [2.05, 4.69) is 10.3 Å². The van der Waals surface area contributed by atoms with Gasteiger partial charge in [-0.25, -0.2) is 4.98 Å². The molecular formula is C21H26N2O3. The van der Waals surface area contributed by atoms with Crippen molar-refractivity contribution in [1.82, 2.24) is 10.3 Å². The van der Waals surface area contributed by atoms with Crippen LogP contribution in [0.15, 0.2) is 48.7 Å². The predicted molar refractivity (Wildman–Crippen MR) is 100 cm³/mol. The highest BCUT2D eigenvalue weighted by molar-refractivity contribution is 5.76.